The topological polar surface area (TPSA) is 95.9 Å². The molecule has 1 unspecified atom stereocenters. The Balaban J connectivity index is 2.02. The van der Waals surface area contributed by atoms with Crippen molar-refractivity contribution in [3.8, 4) is 0 Å². The van der Waals surface area contributed by atoms with Crippen molar-refractivity contribution in [3.05, 3.63) is 35.4 Å². The van der Waals surface area contributed by atoms with Crippen LogP contribution in [-0.4, -0.2) is 45.2 Å². The van der Waals surface area contributed by atoms with Gasteiger partial charge in [0.15, 0.2) is 15.5 Å². The number of benzene rings is 1. The maximum Gasteiger partial charge on any atom is 0.192 e. The number of aromatic nitrogens is 3. The van der Waals surface area contributed by atoms with Crippen LogP contribution in [0.4, 0.5) is 0 Å². The molecule has 0 saturated carbocycles. The maximum absolute atomic E-state index is 10.8. The fraction of sp³-hybridized carbons (Fsp3) is 0.571. The zero-order valence-electron chi connectivity index (χ0n) is 18.2. The van der Waals surface area contributed by atoms with Crippen molar-refractivity contribution in [2.45, 2.75) is 73.6 Å². The second-order valence-electron chi connectivity index (χ2n) is 7.19. The molecule has 10 heteroatoms. The van der Waals surface area contributed by atoms with Crippen LogP contribution in [0.25, 0.3) is 0 Å². The highest BCUT2D eigenvalue weighted by Crippen LogP contribution is 2.27. The third-order valence-corrected chi connectivity index (χ3v) is 8.18. The second-order valence-corrected chi connectivity index (χ2v) is 11.8. The molecule has 2 aromatic rings. The van der Waals surface area contributed by atoms with E-state index in [1.807, 2.05) is 0 Å². The van der Waals surface area contributed by atoms with E-state index in [-0.39, 0.29) is 12.2 Å². The zero-order chi connectivity index (χ0) is 22.7. The number of nitrogens with zero attached hydrogens (tertiary/aromatic N) is 3. The Hall–Kier alpha value is -0.810. The highest BCUT2D eigenvalue weighted by atomic mass is 32.2. The molecule has 0 spiro atoms. The molecule has 0 N–H and O–H groups in total. The van der Waals surface area contributed by atoms with E-state index >= 15 is 0 Å². The molecule has 0 aliphatic rings. The van der Waals surface area contributed by atoms with Gasteiger partial charge in [0.05, 0.1) is 10.1 Å². The molecule has 0 radical (unpaired) electrons. The van der Waals surface area contributed by atoms with Gasteiger partial charge in [-0.2, -0.15) is 15.0 Å². The van der Waals surface area contributed by atoms with Crippen molar-refractivity contribution >= 4 is 45.4 Å². The summed E-state index contributed by atoms with van der Waals surface area (Å²) in [5.74, 6) is 2.38. The van der Waals surface area contributed by atoms with Gasteiger partial charge in [-0.15, -0.1) is 0 Å². The molecule has 1 aromatic heterocycles. The monoisotopic (exact) mass is 500 g/mol. The molecule has 172 valence electrons. The Morgan fingerprint density at radius 2 is 1.45 bits per heavy atom. The van der Waals surface area contributed by atoms with E-state index in [4.69, 9.17) is 0 Å². The lowest BCUT2D eigenvalue weighted by atomic mass is 9.98. The van der Waals surface area contributed by atoms with Crippen molar-refractivity contribution in [1.29, 1.82) is 0 Å². The van der Waals surface area contributed by atoms with Crippen LogP contribution in [0.15, 0.2) is 39.7 Å². The lowest BCUT2D eigenvalue weighted by Gasteiger charge is -2.10. The quantitative estimate of drug-likeness (QED) is 0.187. The SMILES string of the molecule is CCCCSc1nc(SCCCS(=O)(=O)[O-])nc(SCc2ccc(C(C)CC)cc2)n1. The van der Waals surface area contributed by atoms with Crippen LogP contribution in [0.3, 0.4) is 0 Å². The summed E-state index contributed by atoms with van der Waals surface area (Å²) >= 11 is 4.55. The van der Waals surface area contributed by atoms with E-state index in [0.717, 1.165) is 30.8 Å². The van der Waals surface area contributed by atoms with E-state index in [1.165, 1.54) is 22.9 Å². The maximum atomic E-state index is 10.8. The summed E-state index contributed by atoms with van der Waals surface area (Å²) in [5, 5.41) is 1.93. The first-order chi connectivity index (χ1) is 14.8. The summed E-state index contributed by atoms with van der Waals surface area (Å²) in [4.78, 5) is 13.6. The molecule has 0 fully saturated rings. The molecule has 2 rings (SSSR count). The average Bonchev–Trinajstić information content (AvgIpc) is 2.74. The van der Waals surface area contributed by atoms with E-state index < -0.39 is 10.1 Å². The van der Waals surface area contributed by atoms with Crippen LogP contribution in [0, 0.1) is 0 Å². The summed E-state index contributed by atoms with van der Waals surface area (Å²) in [6.07, 6.45) is 3.60. The number of unbranched alkanes of at least 4 members (excludes halogenated alkanes) is 1. The third kappa shape index (κ3) is 10.6. The van der Waals surface area contributed by atoms with Gasteiger partial charge in [0.2, 0.25) is 0 Å². The predicted molar refractivity (Wildman–Crippen MR) is 130 cm³/mol. The van der Waals surface area contributed by atoms with E-state index in [1.54, 1.807) is 23.5 Å². The molecule has 1 aromatic carbocycles. The minimum atomic E-state index is -4.18. The highest BCUT2D eigenvalue weighted by molar-refractivity contribution is 8.00. The van der Waals surface area contributed by atoms with Gasteiger partial charge in [0.25, 0.3) is 0 Å². The van der Waals surface area contributed by atoms with Gasteiger partial charge in [-0.25, -0.2) is 8.42 Å². The molecule has 0 amide bonds. The molecular weight excluding hydrogens is 471 g/mol. The molecule has 0 aliphatic carbocycles. The first-order valence-electron chi connectivity index (χ1n) is 10.5. The molecular formula is C21H30N3O3S4-. The summed E-state index contributed by atoms with van der Waals surface area (Å²) in [6, 6.07) is 8.70. The lowest BCUT2D eigenvalue weighted by molar-refractivity contribution is 0.462. The Labute approximate surface area is 199 Å². The van der Waals surface area contributed by atoms with Crippen LogP contribution >= 0.6 is 35.3 Å². The lowest BCUT2D eigenvalue weighted by Crippen LogP contribution is -2.05. The first kappa shape index (κ1) is 26.4. The Morgan fingerprint density at radius 3 is 1.97 bits per heavy atom. The van der Waals surface area contributed by atoms with Gasteiger partial charge in [0, 0.05) is 23.0 Å². The minimum Gasteiger partial charge on any atom is -0.748 e. The average molecular weight is 501 g/mol. The van der Waals surface area contributed by atoms with Crippen LogP contribution < -0.4 is 0 Å². The Bertz CT molecular complexity index is 909. The summed E-state index contributed by atoms with van der Waals surface area (Å²) < 4.78 is 32.3. The molecule has 6 nitrogen and oxygen atoms in total. The minimum absolute atomic E-state index is 0.283. The molecule has 31 heavy (non-hydrogen) atoms. The van der Waals surface area contributed by atoms with Gasteiger partial charge in [0.1, 0.15) is 0 Å². The van der Waals surface area contributed by atoms with Gasteiger partial charge in [-0.1, -0.05) is 86.7 Å². The number of thioether (sulfide) groups is 3. The molecule has 0 saturated heterocycles. The molecule has 0 bridgehead atoms. The van der Waals surface area contributed by atoms with Crippen molar-refractivity contribution in [1.82, 2.24) is 15.0 Å². The van der Waals surface area contributed by atoms with Crippen LogP contribution in [0.5, 0.6) is 0 Å². The number of hydrogen-bond donors (Lipinski definition) is 0. The van der Waals surface area contributed by atoms with Crippen molar-refractivity contribution in [2.24, 2.45) is 0 Å². The van der Waals surface area contributed by atoms with Gasteiger partial charge >= 0.3 is 0 Å². The normalized spacial score (nSPS) is 12.8. The second kappa shape index (κ2) is 13.7. The smallest absolute Gasteiger partial charge is 0.192 e. The molecule has 1 heterocycles. The van der Waals surface area contributed by atoms with Crippen molar-refractivity contribution in [2.75, 3.05) is 17.3 Å². The highest BCUT2D eigenvalue weighted by Gasteiger charge is 2.10. The van der Waals surface area contributed by atoms with E-state index in [2.05, 4.69) is 60.0 Å². The van der Waals surface area contributed by atoms with Gasteiger partial charge in [-0.05, 0) is 36.3 Å². The standard InChI is InChI=1S/C21H31N3O3S4/c1-4-6-12-28-19-22-20(29-13-7-14-31(25,26)27)24-21(23-19)30-15-17-8-10-18(11-9-17)16(3)5-2/h8-11,16H,4-7,12-15H2,1-3H3,(H,25,26,27)/p-1. The van der Waals surface area contributed by atoms with Crippen LogP contribution in [0.2, 0.25) is 0 Å². The summed E-state index contributed by atoms with van der Waals surface area (Å²) in [5.41, 5.74) is 2.57. The first-order valence-corrected chi connectivity index (χ1v) is 15.0. The van der Waals surface area contributed by atoms with Gasteiger partial charge < -0.3 is 4.55 Å². The van der Waals surface area contributed by atoms with Crippen molar-refractivity contribution < 1.29 is 13.0 Å². The zero-order valence-corrected chi connectivity index (χ0v) is 21.5. The Kier molecular flexibility index (Phi) is 11.7. The van der Waals surface area contributed by atoms with Crippen LogP contribution in [0.1, 0.15) is 63.5 Å². The van der Waals surface area contributed by atoms with Gasteiger partial charge in [-0.3, -0.25) is 0 Å². The van der Waals surface area contributed by atoms with Crippen LogP contribution in [-0.2, 0) is 15.9 Å². The fourth-order valence-corrected chi connectivity index (χ4v) is 5.88. The fourth-order valence-electron chi connectivity index (χ4n) is 2.55. The molecule has 1 atom stereocenters. The molecule has 0 aliphatic heterocycles. The third-order valence-electron chi connectivity index (χ3n) is 4.60. The largest absolute Gasteiger partial charge is 0.748 e. The predicted octanol–water partition coefficient (Wildman–Crippen LogP) is 5.60. The number of rotatable bonds is 14. The number of hydrogen-bond acceptors (Lipinski definition) is 9. The van der Waals surface area contributed by atoms with E-state index in [0.29, 0.717) is 27.1 Å². The van der Waals surface area contributed by atoms with Crippen molar-refractivity contribution in [3.63, 3.8) is 0 Å². The Morgan fingerprint density at radius 1 is 0.903 bits per heavy atom. The summed E-state index contributed by atoms with van der Waals surface area (Å²) in [7, 11) is -4.18. The summed E-state index contributed by atoms with van der Waals surface area (Å²) in [6.45, 7) is 6.58. The van der Waals surface area contributed by atoms with E-state index in [9.17, 15) is 13.0 Å².